The van der Waals surface area contributed by atoms with Crippen LogP contribution in [0.25, 0.3) is 5.70 Å². The third-order valence-electron chi connectivity index (χ3n) is 7.87. The summed E-state index contributed by atoms with van der Waals surface area (Å²) in [5, 5.41) is 5.26. The van der Waals surface area contributed by atoms with Gasteiger partial charge in [0.1, 0.15) is 30.4 Å². The van der Waals surface area contributed by atoms with Crippen molar-refractivity contribution in [3.8, 4) is 0 Å². The van der Waals surface area contributed by atoms with Crippen LogP contribution in [-0.2, 0) is 32.2 Å². The number of esters is 1. The van der Waals surface area contributed by atoms with E-state index in [-0.39, 0.29) is 24.6 Å². The Balaban J connectivity index is 0.000000237. The summed E-state index contributed by atoms with van der Waals surface area (Å²) in [5.74, 6) is -2.02. The van der Waals surface area contributed by atoms with Crippen molar-refractivity contribution >= 4 is 35.3 Å². The molecule has 0 saturated carbocycles. The zero-order chi connectivity index (χ0) is 38.4. The molecule has 2 amide bonds. The van der Waals surface area contributed by atoms with Gasteiger partial charge in [0.15, 0.2) is 12.4 Å². The van der Waals surface area contributed by atoms with Crippen LogP contribution >= 0.6 is 0 Å². The number of amides is 2. The van der Waals surface area contributed by atoms with Gasteiger partial charge in [0.2, 0.25) is 0 Å². The first kappa shape index (κ1) is 39.6. The third-order valence-corrected chi connectivity index (χ3v) is 7.87. The van der Waals surface area contributed by atoms with Gasteiger partial charge in [-0.3, -0.25) is 9.79 Å². The van der Waals surface area contributed by atoms with Gasteiger partial charge < -0.3 is 24.8 Å². The van der Waals surface area contributed by atoms with Crippen LogP contribution in [0.4, 0.5) is 18.4 Å². The highest BCUT2D eigenvalue weighted by molar-refractivity contribution is 6.03. The van der Waals surface area contributed by atoms with E-state index in [2.05, 4.69) is 15.6 Å². The van der Waals surface area contributed by atoms with E-state index in [1.165, 1.54) is 38.1 Å². The lowest BCUT2D eigenvalue weighted by molar-refractivity contribution is -0.148. The number of Topliss-reactive ketones (excluding diaryl/α,β-unsaturated/α-hetero) is 1. The van der Waals surface area contributed by atoms with E-state index >= 15 is 0 Å². The summed E-state index contributed by atoms with van der Waals surface area (Å²) in [5.41, 5.74) is 2.38. The number of benzene rings is 4. The Morgan fingerprint density at radius 1 is 0.660 bits per heavy atom. The van der Waals surface area contributed by atoms with Gasteiger partial charge in [-0.05, 0) is 92.9 Å². The summed E-state index contributed by atoms with van der Waals surface area (Å²) in [6, 6.07) is 29.7. The molecule has 2 N–H and O–H groups in total. The molecule has 1 heterocycles. The summed E-state index contributed by atoms with van der Waals surface area (Å²) in [6.45, 7) is 6.39. The molecule has 1 aliphatic rings. The van der Waals surface area contributed by atoms with Crippen LogP contribution in [0, 0.1) is 11.6 Å². The fourth-order valence-electron chi connectivity index (χ4n) is 4.81. The lowest BCUT2D eigenvalue weighted by atomic mass is 9.97. The van der Waals surface area contributed by atoms with E-state index in [4.69, 9.17) is 14.2 Å². The maximum Gasteiger partial charge on any atom is 0.408 e. The molecule has 10 nitrogen and oxygen atoms in total. The molecule has 12 heteroatoms. The minimum absolute atomic E-state index is 0.0564. The molecular weight excluding hydrogens is 684 g/mol. The zero-order valence-electron chi connectivity index (χ0n) is 29.9. The number of hydrogen-bond acceptors (Lipinski definition) is 8. The first-order valence-corrected chi connectivity index (χ1v) is 16.7. The molecule has 0 saturated heterocycles. The monoisotopic (exact) mass is 725 g/mol. The number of carbonyl (C=O) groups excluding carboxylic acids is 4. The smallest absolute Gasteiger partial charge is 0.408 e. The van der Waals surface area contributed by atoms with Crippen LogP contribution in [0.1, 0.15) is 61.2 Å². The average molecular weight is 726 g/mol. The minimum Gasteiger partial charge on any atom is -0.456 e. The topological polar surface area (TPSA) is 132 Å². The normalized spacial score (nSPS) is 12.3. The number of hydrogen-bond donors (Lipinski definition) is 2. The Morgan fingerprint density at radius 2 is 1.15 bits per heavy atom. The van der Waals surface area contributed by atoms with Crippen LogP contribution in [0.2, 0.25) is 0 Å². The number of nitrogens with one attached hydrogen (secondary N) is 2. The van der Waals surface area contributed by atoms with Gasteiger partial charge in [-0.1, -0.05) is 66.7 Å². The number of ketones is 1. The molecule has 0 spiro atoms. The summed E-state index contributed by atoms with van der Waals surface area (Å²) in [4.78, 5) is 52.7. The van der Waals surface area contributed by atoms with E-state index in [0.717, 1.165) is 40.2 Å². The Bertz CT molecular complexity index is 1930. The van der Waals surface area contributed by atoms with Crippen molar-refractivity contribution in [1.29, 1.82) is 0 Å². The van der Waals surface area contributed by atoms with E-state index in [1.54, 1.807) is 24.3 Å². The number of halogens is 2. The zero-order valence-corrected chi connectivity index (χ0v) is 29.9. The number of allylic oxidation sites excluding steroid dienone is 1. The Morgan fingerprint density at radius 3 is 1.68 bits per heavy atom. The first-order chi connectivity index (χ1) is 25.2. The molecule has 0 radical (unpaired) electrons. The molecule has 4 aromatic carbocycles. The average Bonchev–Trinajstić information content (AvgIpc) is 3.65. The molecule has 276 valence electrons. The lowest BCUT2D eigenvalue weighted by Gasteiger charge is -2.26. The van der Waals surface area contributed by atoms with Crippen molar-refractivity contribution in [2.24, 2.45) is 4.99 Å². The fourth-order valence-corrected chi connectivity index (χ4v) is 4.81. The molecule has 0 unspecified atom stereocenters. The Hall–Kier alpha value is -6.17. The van der Waals surface area contributed by atoms with Crippen LogP contribution in [0.3, 0.4) is 0 Å². The number of alkyl carbamates (subject to hydrolysis) is 2. The summed E-state index contributed by atoms with van der Waals surface area (Å²) in [7, 11) is 0. The second-order valence-corrected chi connectivity index (χ2v) is 13.0. The van der Waals surface area contributed by atoms with Crippen molar-refractivity contribution in [3.63, 3.8) is 0 Å². The minimum atomic E-state index is -1.39. The Labute approximate surface area is 306 Å². The molecule has 0 fully saturated rings. The standard InChI is InChI=1S/C21H21FN2O2.C20H20FNO5/c1-21(2,24-20(25)26-14-15-6-4-3-5-7-15)19-13-12-18(23-19)16-8-10-17(22)11-9-16;1-20(2,22-19(25)27-12-14-6-4-3-5-7-14)18(24)26-13-17(23)15-8-10-16(21)11-9-15/h3-12H,13-14H2,1-2H3,(H,24,25);3-11H,12-13H2,1-2H3,(H,22,25). The van der Waals surface area contributed by atoms with Crippen molar-refractivity contribution < 1.29 is 42.2 Å². The van der Waals surface area contributed by atoms with Gasteiger partial charge in [0, 0.05) is 17.7 Å². The second-order valence-electron chi connectivity index (χ2n) is 13.0. The third kappa shape index (κ3) is 12.5. The number of rotatable bonds is 12. The molecule has 0 aliphatic carbocycles. The maximum absolute atomic E-state index is 13.1. The largest absolute Gasteiger partial charge is 0.456 e. The maximum atomic E-state index is 13.1. The van der Waals surface area contributed by atoms with Gasteiger partial charge in [-0.15, -0.1) is 0 Å². The second kappa shape index (κ2) is 18.4. The van der Waals surface area contributed by atoms with E-state index < -0.39 is 47.4 Å². The molecule has 1 aliphatic heterocycles. The highest BCUT2D eigenvalue weighted by atomic mass is 19.1. The number of nitrogens with zero attached hydrogens (tertiary/aromatic N) is 1. The fraction of sp³-hybridized carbons (Fsp3) is 0.244. The molecule has 53 heavy (non-hydrogen) atoms. The lowest BCUT2D eigenvalue weighted by Crippen LogP contribution is -2.51. The molecular formula is C41H41F2N3O7. The number of ether oxygens (including phenoxy) is 3. The highest BCUT2D eigenvalue weighted by Crippen LogP contribution is 2.26. The van der Waals surface area contributed by atoms with Crippen LogP contribution in [-0.4, -0.2) is 47.3 Å². The van der Waals surface area contributed by atoms with Crippen LogP contribution in [0.15, 0.2) is 120 Å². The van der Waals surface area contributed by atoms with Crippen LogP contribution in [0.5, 0.6) is 0 Å². The van der Waals surface area contributed by atoms with Gasteiger partial charge in [-0.25, -0.2) is 23.2 Å². The van der Waals surface area contributed by atoms with Crippen molar-refractivity contribution in [3.05, 3.63) is 149 Å². The predicted octanol–water partition coefficient (Wildman–Crippen LogP) is 7.97. The van der Waals surface area contributed by atoms with Gasteiger partial charge >= 0.3 is 18.2 Å². The molecule has 0 atom stereocenters. The van der Waals surface area contributed by atoms with Crippen LogP contribution < -0.4 is 10.6 Å². The number of carbonyl (C=O) groups is 4. The van der Waals surface area contributed by atoms with E-state index in [9.17, 15) is 28.0 Å². The summed E-state index contributed by atoms with van der Waals surface area (Å²) in [6.07, 6.45) is 1.32. The van der Waals surface area contributed by atoms with Gasteiger partial charge in [0.05, 0.1) is 11.2 Å². The van der Waals surface area contributed by atoms with E-state index in [0.29, 0.717) is 6.42 Å². The summed E-state index contributed by atoms with van der Waals surface area (Å²) >= 11 is 0. The molecule has 0 bridgehead atoms. The summed E-state index contributed by atoms with van der Waals surface area (Å²) < 4.78 is 41.2. The van der Waals surface area contributed by atoms with Crippen molar-refractivity contribution in [2.75, 3.05) is 6.61 Å². The first-order valence-electron chi connectivity index (χ1n) is 16.7. The van der Waals surface area contributed by atoms with Crippen molar-refractivity contribution in [2.45, 2.75) is 58.4 Å². The molecule has 0 aromatic heterocycles. The number of aliphatic imine (C=N–C) groups is 1. The van der Waals surface area contributed by atoms with Gasteiger partial charge in [0.25, 0.3) is 0 Å². The van der Waals surface area contributed by atoms with Gasteiger partial charge in [-0.2, -0.15) is 0 Å². The SMILES string of the molecule is CC(C)(NC(=O)OCc1ccccc1)C(=O)OCC(=O)c1ccc(F)cc1.CC(C)(NC(=O)OCc1ccccc1)C1=NC(c2ccc(F)cc2)=CC1. The van der Waals surface area contributed by atoms with Crippen molar-refractivity contribution in [1.82, 2.24) is 10.6 Å². The highest BCUT2D eigenvalue weighted by Gasteiger charge is 2.33. The quantitative estimate of drug-likeness (QED) is 0.0860. The Kier molecular flexibility index (Phi) is 13.7. The molecule has 4 aromatic rings. The predicted molar refractivity (Wildman–Crippen MR) is 196 cm³/mol. The van der Waals surface area contributed by atoms with E-state index in [1.807, 2.05) is 68.5 Å². The molecule has 5 rings (SSSR count).